The van der Waals surface area contributed by atoms with Crippen LogP contribution in [0.2, 0.25) is 0 Å². The second kappa shape index (κ2) is 7.27. The van der Waals surface area contributed by atoms with E-state index in [0.717, 1.165) is 5.65 Å². The predicted molar refractivity (Wildman–Crippen MR) is 74.5 cm³/mol. The third-order valence-electron chi connectivity index (χ3n) is 2.17. The van der Waals surface area contributed by atoms with Crippen LogP contribution in [-0.4, -0.2) is 18.9 Å². The molecule has 4 nitrogen and oxygen atoms in total. The van der Waals surface area contributed by atoms with Gasteiger partial charge in [-0.1, -0.05) is 19.9 Å². The van der Waals surface area contributed by atoms with Crippen molar-refractivity contribution >= 4 is 5.65 Å². The molecule has 0 spiro atoms. The van der Waals surface area contributed by atoms with E-state index in [4.69, 9.17) is 0 Å². The lowest BCUT2D eigenvalue weighted by molar-refractivity contribution is 0.913. The molecule has 0 aliphatic heterocycles. The first-order chi connectivity index (χ1) is 8.75. The van der Waals surface area contributed by atoms with Crippen molar-refractivity contribution in [3.8, 4) is 0 Å². The molecule has 0 amide bonds. The highest BCUT2D eigenvalue weighted by Crippen LogP contribution is 2.02. The molecule has 0 bridgehead atoms. The lowest BCUT2D eigenvalue weighted by Gasteiger charge is -1.93. The first-order valence-corrected chi connectivity index (χ1v) is 6.07. The molecular weight excluding hydrogens is 224 g/mol. The first-order valence-electron chi connectivity index (χ1n) is 6.07. The highest BCUT2D eigenvalue weighted by Gasteiger charge is 1.89. The summed E-state index contributed by atoms with van der Waals surface area (Å²) in [7, 11) is 1.94. The van der Waals surface area contributed by atoms with Gasteiger partial charge in [-0.15, -0.1) is 0 Å². The molecule has 0 unspecified atom stereocenters. The van der Waals surface area contributed by atoms with Gasteiger partial charge in [-0.05, 0) is 18.6 Å². The van der Waals surface area contributed by atoms with Gasteiger partial charge in [0.2, 0.25) is 0 Å². The van der Waals surface area contributed by atoms with Gasteiger partial charge in [0.15, 0.2) is 0 Å². The molecule has 96 valence electrons. The Kier molecular flexibility index (Phi) is 5.64. The van der Waals surface area contributed by atoms with E-state index in [0.29, 0.717) is 0 Å². The molecule has 3 heterocycles. The third-order valence-corrected chi connectivity index (χ3v) is 2.17. The zero-order valence-corrected chi connectivity index (χ0v) is 11.4. The second-order valence-corrected chi connectivity index (χ2v) is 3.63. The highest BCUT2D eigenvalue weighted by atomic mass is 15.0. The summed E-state index contributed by atoms with van der Waals surface area (Å²) >= 11 is 0. The maximum atomic E-state index is 4.12. The summed E-state index contributed by atoms with van der Waals surface area (Å²) in [5, 5.41) is 0. The normalized spacial score (nSPS) is 9.11. The third kappa shape index (κ3) is 4.05. The molecule has 3 aromatic heterocycles. The highest BCUT2D eigenvalue weighted by molar-refractivity contribution is 5.38. The number of nitrogens with zero attached hydrogens (tertiary/aromatic N) is 4. The van der Waals surface area contributed by atoms with Crippen LogP contribution in [0.25, 0.3) is 5.65 Å². The van der Waals surface area contributed by atoms with Gasteiger partial charge in [0.1, 0.15) is 5.65 Å². The van der Waals surface area contributed by atoms with E-state index in [9.17, 15) is 0 Å². The Morgan fingerprint density at radius 2 is 1.83 bits per heavy atom. The number of aryl methyl sites for hydroxylation is 2. The molecular formula is C14H20N4. The SMILES string of the molecule is CC.Cc1ccc2nccn2c1.Cn1ccnc1. The second-order valence-electron chi connectivity index (χ2n) is 3.63. The van der Waals surface area contributed by atoms with Crippen LogP contribution in [0, 0.1) is 6.92 Å². The summed E-state index contributed by atoms with van der Waals surface area (Å²) in [4.78, 5) is 7.91. The Balaban J connectivity index is 0.000000174. The van der Waals surface area contributed by atoms with Crippen LogP contribution in [-0.2, 0) is 7.05 Å². The van der Waals surface area contributed by atoms with Crippen molar-refractivity contribution in [1.82, 2.24) is 18.9 Å². The Labute approximate surface area is 108 Å². The Hall–Kier alpha value is -2.10. The van der Waals surface area contributed by atoms with Crippen molar-refractivity contribution in [2.24, 2.45) is 7.05 Å². The van der Waals surface area contributed by atoms with E-state index in [-0.39, 0.29) is 0 Å². The molecule has 0 radical (unpaired) electrons. The lowest BCUT2D eigenvalue weighted by atomic mass is 10.3. The zero-order chi connectivity index (χ0) is 13.4. The zero-order valence-electron chi connectivity index (χ0n) is 11.4. The molecule has 0 aliphatic rings. The van der Waals surface area contributed by atoms with Crippen LogP contribution < -0.4 is 0 Å². The largest absolute Gasteiger partial charge is 0.341 e. The Morgan fingerprint density at radius 1 is 1.06 bits per heavy atom. The number of rotatable bonds is 0. The molecule has 0 fully saturated rings. The van der Waals surface area contributed by atoms with Gasteiger partial charge in [-0.25, -0.2) is 9.97 Å². The number of fused-ring (bicyclic) bond motifs is 1. The molecule has 0 saturated heterocycles. The monoisotopic (exact) mass is 244 g/mol. The van der Waals surface area contributed by atoms with Gasteiger partial charge in [0.25, 0.3) is 0 Å². The molecule has 0 aromatic carbocycles. The topological polar surface area (TPSA) is 35.1 Å². The van der Waals surface area contributed by atoms with Crippen molar-refractivity contribution in [3.63, 3.8) is 0 Å². The van der Waals surface area contributed by atoms with E-state index in [1.807, 2.05) is 48.3 Å². The van der Waals surface area contributed by atoms with Gasteiger partial charge >= 0.3 is 0 Å². The van der Waals surface area contributed by atoms with Crippen LogP contribution >= 0.6 is 0 Å². The van der Waals surface area contributed by atoms with Crippen LogP contribution in [0.3, 0.4) is 0 Å². The number of aromatic nitrogens is 4. The van der Waals surface area contributed by atoms with Gasteiger partial charge in [0.05, 0.1) is 6.33 Å². The molecule has 18 heavy (non-hydrogen) atoms. The van der Waals surface area contributed by atoms with Gasteiger partial charge in [-0.3, -0.25) is 0 Å². The van der Waals surface area contributed by atoms with Crippen LogP contribution in [0.4, 0.5) is 0 Å². The fraction of sp³-hybridized carbons (Fsp3) is 0.286. The smallest absolute Gasteiger partial charge is 0.136 e. The fourth-order valence-electron chi connectivity index (χ4n) is 1.36. The van der Waals surface area contributed by atoms with Crippen molar-refractivity contribution in [1.29, 1.82) is 0 Å². The minimum atomic E-state index is 1.01. The molecule has 4 heteroatoms. The van der Waals surface area contributed by atoms with E-state index in [1.165, 1.54) is 5.56 Å². The minimum Gasteiger partial charge on any atom is -0.341 e. The standard InChI is InChI=1S/C8H8N2.C4H6N2.C2H6/c1-7-2-3-8-9-4-5-10(8)6-7;1-6-3-2-5-4-6;1-2/h2-6H,1H3;2-4H,1H3;1-2H3. The van der Waals surface area contributed by atoms with Crippen LogP contribution in [0.15, 0.2) is 49.4 Å². The summed E-state index contributed by atoms with van der Waals surface area (Å²) in [5.41, 5.74) is 2.26. The average molecular weight is 244 g/mol. The molecule has 0 aliphatic carbocycles. The van der Waals surface area contributed by atoms with Gasteiger partial charge < -0.3 is 8.97 Å². The fourth-order valence-corrected chi connectivity index (χ4v) is 1.36. The van der Waals surface area contributed by atoms with E-state index < -0.39 is 0 Å². The van der Waals surface area contributed by atoms with E-state index in [2.05, 4.69) is 29.2 Å². The van der Waals surface area contributed by atoms with Crippen molar-refractivity contribution < 1.29 is 0 Å². The minimum absolute atomic E-state index is 1.01. The van der Waals surface area contributed by atoms with Crippen molar-refractivity contribution in [3.05, 3.63) is 55.0 Å². The van der Waals surface area contributed by atoms with Crippen LogP contribution in [0.5, 0.6) is 0 Å². The average Bonchev–Trinajstić information content (AvgIpc) is 3.03. The number of hydrogen-bond donors (Lipinski definition) is 0. The molecule has 3 aromatic rings. The van der Waals surface area contributed by atoms with E-state index >= 15 is 0 Å². The summed E-state index contributed by atoms with van der Waals surface area (Å²) in [6, 6.07) is 4.07. The Bertz CT molecular complexity index is 552. The number of hydrogen-bond acceptors (Lipinski definition) is 2. The maximum Gasteiger partial charge on any atom is 0.136 e. The molecule has 3 rings (SSSR count). The summed E-state index contributed by atoms with van der Waals surface area (Å²) in [6.07, 6.45) is 11.2. The van der Waals surface area contributed by atoms with Crippen LogP contribution in [0.1, 0.15) is 19.4 Å². The van der Waals surface area contributed by atoms with Gasteiger partial charge in [-0.2, -0.15) is 0 Å². The quantitative estimate of drug-likeness (QED) is 0.609. The lowest BCUT2D eigenvalue weighted by Crippen LogP contribution is -1.82. The maximum absolute atomic E-state index is 4.12. The van der Waals surface area contributed by atoms with Crippen molar-refractivity contribution in [2.75, 3.05) is 0 Å². The summed E-state index contributed by atoms with van der Waals surface area (Å²) < 4.78 is 3.90. The first kappa shape index (κ1) is 14.0. The summed E-state index contributed by atoms with van der Waals surface area (Å²) in [5.74, 6) is 0. The summed E-state index contributed by atoms with van der Waals surface area (Å²) in [6.45, 7) is 6.07. The molecule has 0 saturated carbocycles. The van der Waals surface area contributed by atoms with Gasteiger partial charge in [0, 0.05) is 38.0 Å². The molecule has 0 atom stereocenters. The van der Waals surface area contributed by atoms with Crippen molar-refractivity contribution in [2.45, 2.75) is 20.8 Å². The van der Waals surface area contributed by atoms with E-state index in [1.54, 1.807) is 18.7 Å². The number of pyridine rings is 1. The number of imidazole rings is 2. The molecule has 0 N–H and O–H groups in total. The Morgan fingerprint density at radius 3 is 2.39 bits per heavy atom. The predicted octanol–water partition coefficient (Wildman–Crippen LogP) is 3.09.